The molecule has 0 aliphatic rings. The molecule has 9 nitrogen and oxygen atoms in total. The Morgan fingerprint density at radius 1 is 0.814 bits per heavy atom. The van der Waals surface area contributed by atoms with Crippen LogP contribution in [-0.2, 0) is 16.1 Å². The van der Waals surface area contributed by atoms with Crippen LogP contribution in [-0.4, -0.2) is 48.6 Å². The van der Waals surface area contributed by atoms with Gasteiger partial charge >= 0.3 is 6.09 Å². The molecule has 0 aliphatic carbocycles. The zero-order valence-corrected chi connectivity index (χ0v) is 27.4. The van der Waals surface area contributed by atoms with E-state index in [1.54, 1.807) is 0 Å². The molecule has 0 spiro atoms. The third kappa shape index (κ3) is 23.3. The summed E-state index contributed by atoms with van der Waals surface area (Å²) >= 11 is 5.51. The molecule has 43 heavy (non-hydrogen) atoms. The highest BCUT2D eigenvalue weighted by Crippen LogP contribution is 2.12. The van der Waals surface area contributed by atoms with E-state index in [0.29, 0.717) is 19.5 Å². The lowest BCUT2D eigenvalue weighted by atomic mass is 10.1. The summed E-state index contributed by atoms with van der Waals surface area (Å²) in [6.45, 7) is 4.16. The molecule has 1 atom stereocenters. The third-order valence-corrected chi connectivity index (χ3v) is 7.60. The molecule has 0 fully saturated rings. The predicted molar refractivity (Wildman–Crippen MR) is 182 cm³/mol. The van der Waals surface area contributed by atoms with Crippen LogP contribution in [0, 0.1) is 0 Å². The first-order valence-electron chi connectivity index (χ1n) is 16.5. The van der Waals surface area contributed by atoms with E-state index in [2.05, 4.69) is 27.9 Å². The molecule has 7 N–H and O–H groups in total. The molecule has 0 bridgehead atoms. The van der Waals surface area contributed by atoms with E-state index in [9.17, 15) is 9.59 Å². The fourth-order valence-corrected chi connectivity index (χ4v) is 4.94. The zero-order chi connectivity index (χ0) is 31.4. The van der Waals surface area contributed by atoms with E-state index in [0.717, 1.165) is 55.6 Å². The van der Waals surface area contributed by atoms with Crippen LogP contribution >= 0.6 is 12.2 Å². The highest BCUT2D eigenvalue weighted by molar-refractivity contribution is 7.80. The maximum atomic E-state index is 12.9. The van der Waals surface area contributed by atoms with Gasteiger partial charge in [-0.3, -0.25) is 9.79 Å². The van der Waals surface area contributed by atoms with Gasteiger partial charge in [-0.15, -0.1) is 0 Å². The fraction of sp³-hybridized carbons (Fsp3) is 0.697. The lowest BCUT2D eigenvalue weighted by molar-refractivity contribution is -0.123. The van der Waals surface area contributed by atoms with Crippen LogP contribution in [0.5, 0.6) is 0 Å². The number of hydrogen-bond acceptors (Lipinski definition) is 5. The number of benzene rings is 1. The van der Waals surface area contributed by atoms with Crippen molar-refractivity contribution in [2.45, 2.75) is 129 Å². The maximum absolute atomic E-state index is 12.9. The molecular weight excluding hydrogens is 560 g/mol. The van der Waals surface area contributed by atoms with Gasteiger partial charge in [-0.25, -0.2) is 4.79 Å². The summed E-state index contributed by atoms with van der Waals surface area (Å²) in [5, 5.41) is 9.00. The number of amides is 2. The van der Waals surface area contributed by atoms with Crippen molar-refractivity contribution in [3.63, 3.8) is 0 Å². The van der Waals surface area contributed by atoms with Crippen molar-refractivity contribution in [3.8, 4) is 0 Å². The summed E-state index contributed by atoms with van der Waals surface area (Å²) in [5.74, 6) is -0.162. The van der Waals surface area contributed by atoms with E-state index in [1.165, 1.54) is 64.2 Å². The number of nitrogens with zero attached hydrogens (tertiary/aromatic N) is 1. The number of rotatable bonds is 26. The van der Waals surface area contributed by atoms with E-state index >= 15 is 0 Å². The average molecular weight is 619 g/mol. The Hall–Kier alpha value is -2.88. The van der Waals surface area contributed by atoms with Gasteiger partial charge in [0, 0.05) is 19.6 Å². The lowest BCUT2D eigenvalue weighted by Gasteiger charge is -2.18. The molecule has 0 heterocycles. The Morgan fingerprint density at radius 2 is 1.42 bits per heavy atom. The molecule has 1 rings (SSSR count). The molecule has 0 aromatic heterocycles. The molecule has 2 amide bonds. The van der Waals surface area contributed by atoms with Crippen LogP contribution in [0.4, 0.5) is 4.79 Å². The number of nitrogens with two attached hydrogens (primary N) is 2. The highest BCUT2D eigenvalue weighted by Gasteiger charge is 2.21. The van der Waals surface area contributed by atoms with Crippen LogP contribution in [0.25, 0.3) is 0 Å². The van der Waals surface area contributed by atoms with E-state index in [4.69, 9.17) is 28.4 Å². The molecule has 1 aromatic carbocycles. The molecule has 0 aliphatic heterocycles. The molecule has 0 unspecified atom stereocenters. The Balaban J connectivity index is 2.27. The fourth-order valence-electron chi connectivity index (χ4n) is 4.70. The first-order valence-corrected chi connectivity index (χ1v) is 16.9. The van der Waals surface area contributed by atoms with Crippen LogP contribution in [0.15, 0.2) is 35.3 Å². The average Bonchev–Trinajstić information content (AvgIpc) is 3.00. The topological polar surface area (TPSA) is 144 Å². The van der Waals surface area contributed by atoms with Crippen molar-refractivity contribution >= 4 is 35.2 Å². The quantitative estimate of drug-likeness (QED) is 0.0358. The summed E-state index contributed by atoms with van der Waals surface area (Å²) in [7, 11) is 0. The second-order valence-electron chi connectivity index (χ2n) is 11.2. The Bertz CT molecular complexity index is 896. The number of ether oxygens (including phenoxy) is 1. The van der Waals surface area contributed by atoms with Gasteiger partial charge in [0.15, 0.2) is 5.96 Å². The standard InChI is InChI=1S/C33H58N6O3S/c1-2-3-4-5-6-7-8-9-10-11-15-23-30(43)36-24-17-16-22-29(31(40)37-25-18-19-26-38-32(34)35)39-33(41)42-27-28-20-13-12-14-21-28/h12-14,20-21,29H,2-11,15-19,22-27H2,1H3,(H,36,43)(H,37,40)(H,39,41)(H4,34,35,38)/t29-/m0/s1. The number of carbonyl (C=O) groups is 2. The van der Waals surface area contributed by atoms with Crippen molar-refractivity contribution in [2.24, 2.45) is 16.5 Å². The zero-order valence-electron chi connectivity index (χ0n) is 26.5. The van der Waals surface area contributed by atoms with Crippen LogP contribution < -0.4 is 27.4 Å². The summed E-state index contributed by atoms with van der Waals surface area (Å²) < 4.78 is 5.34. The van der Waals surface area contributed by atoms with Gasteiger partial charge in [0.25, 0.3) is 0 Å². The van der Waals surface area contributed by atoms with Gasteiger partial charge in [0.1, 0.15) is 12.6 Å². The van der Waals surface area contributed by atoms with Gasteiger partial charge < -0.3 is 32.2 Å². The van der Waals surface area contributed by atoms with Crippen molar-refractivity contribution < 1.29 is 14.3 Å². The minimum atomic E-state index is -0.677. The maximum Gasteiger partial charge on any atom is 0.408 e. The molecular formula is C33H58N6O3S. The Morgan fingerprint density at radius 3 is 2.07 bits per heavy atom. The van der Waals surface area contributed by atoms with E-state index < -0.39 is 12.1 Å². The van der Waals surface area contributed by atoms with Gasteiger partial charge in [-0.2, -0.15) is 0 Å². The van der Waals surface area contributed by atoms with Crippen LogP contribution in [0.2, 0.25) is 0 Å². The monoisotopic (exact) mass is 618 g/mol. The number of unbranched alkanes of at least 4 members (excludes halogenated alkanes) is 12. The smallest absolute Gasteiger partial charge is 0.408 e. The molecule has 0 radical (unpaired) electrons. The summed E-state index contributed by atoms with van der Waals surface area (Å²) in [6, 6.07) is 8.77. The molecule has 1 aromatic rings. The molecule has 10 heteroatoms. The first kappa shape index (κ1) is 38.1. The van der Waals surface area contributed by atoms with Gasteiger partial charge in [-0.05, 0) is 50.5 Å². The first-order chi connectivity index (χ1) is 20.9. The van der Waals surface area contributed by atoms with Crippen molar-refractivity contribution in [1.29, 1.82) is 0 Å². The number of carbonyl (C=O) groups excluding carboxylic acids is 2. The number of nitrogens with one attached hydrogen (secondary N) is 3. The van der Waals surface area contributed by atoms with Crippen LogP contribution in [0.3, 0.4) is 0 Å². The minimum absolute atomic E-state index is 0.0617. The molecule has 0 saturated heterocycles. The minimum Gasteiger partial charge on any atom is -0.445 e. The summed E-state index contributed by atoms with van der Waals surface area (Å²) in [4.78, 5) is 30.2. The lowest BCUT2D eigenvalue weighted by Crippen LogP contribution is -2.47. The SMILES string of the molecule is CCCCCCCCCCCCCC(=S)NCCCC[C@H](NC(=O)OCc1ccccc1)C(=O)NCCCCN=C(N)N. The van der Waals surface area contributed by atoms with Gasteiger partial charge in [0.2, 0.25) is 5.91 Å². The Labute approximate surface area is 265 Å². The number of thiocarbonyl (C=S) groups is 1. The predicted octanol–water partition coefficient (Wildman–Crippen LogP) is 6.24. The van der Waals surface area contributed by atoms with E-state index in [1.807, 2.05) is 30.3 Å². The summed E-state index contributed by atoms with van der Waals surface area (Å²) in [5.41, 5.74) is 11.6. The Kier molecular flexibility index (Phi) is 23.7. The molecule has 0 saturated carbocycles. The normalized spacial score (nSPS) is 11.4. The second-order valence-corrected chi connectivity index (χ2v) is 11.7. The van der Waals surface area contributed by atoms with Crippen molar-refractivity contribution in [3.05, 3.63) is 35.9 Å². The number of alkyl carbamates (subject to hydrolysis) is 1. The number of aliphatic imine (C=N–C) groups is 1. The van der Waals surface area contributed by atoms with Crippen molar-refractivity contribution in [1.82, 2.24) is 16.0 Å². The number of guanidine groups is 1. The summed E-state index contributed by atoms with van der Waals surface area (Å²) in [6.07, 6.45) is 18.5. The third-order valence-electron chi connectivity index (χ3n) is 7.25. The van der Waals surface area contributed by atoms with Gasteiger partial charge in [0.05, 0.1) is 4.99 Å². The van der Waals surface area contributed by atoms with Crippen molar-refractivity contribution in [2.75, 3.05) is 19.6 Å². The van der Waals surface area contributed by atoms with Crippen LogP contribution in [0.1, 0.15) is 122 Å². The van der Waals surface area contributed by atoms with Gasteiger partial charge in [-0.1, -0.05) is 114 Å². The largest absolute Gasteiger partial charge is 0.445 e. The van der Waals surface area contributed by atoms with E-state index in [-0.39, 0.29) is 18.5 Å². The second kappa shape index (κ2) is 26.7. The number of hydrogen-bond donors (Lipinski definition) is 5. The molecule has 244 valence electrons. The highest BCUT2D eigenvalue weighted by atomic mass is 32.1.